The summed E-state index contributed by atoms with van der Waals surface area (Å²) >= 11 is 3.45. The number of nitrogens with zero attached hydrogens (tertiary/aromatic N) is 1. The summed E-state index contributed by atoms with van der Waals surface area (Å²) < 4.78 is 6.54. The first-order valence-electron chi connectivity index (χ1n) is 8.66. The van der Waals surface area contributed by atoms with Crippen molar-refractivity contribution in [3.63, 3.8) is 0 Å². The van der Waals surface area contributed by atoms with Crippen molar-refractivity contribution in [2.75, 3.05) is 13.1 Å². The van der Waals surface area contributed by atoms with E-state index in [2.05, 4.69) is 15.9 Å². The van der Waals surface area contributed by atoms with E-state index in [1.807, 2.05) is 45.0 Å². The monoisotopic (exact) mass is 395 g/mol. The van der Waals surface area contributed by atoms with Crippen molar-refractivity contribution in [3.05, 3.63) is 34.3 Å². The highest BCUT2D eigenvalue weighted by molar-refractivity contribution is 9.10. The molecule has 1 heterocycles. The Hall–Kier alpha value is -1.07. The largest absolute Gasteiger partial charge is 0.444 e. The first-order chi connectivity index (χ1) is 11.2. The van der Waals surface area contributed by atoms with Crippen molar-refractivity contribution in [3.8, 4) is 0 Å². The van der Waals surface area contributed by atoms with Gasteiger partial charge in [0.05, 0.1) is 5.60 Å². The van der Waals surface area contributed by atoms with Gasteiger partial charge in [0, 0.05) is 29.4 Å². The van der Waals surface area contributed by atoms with Gasteiger partial charge in [-0.15, -0.1) is 0 Å². The Morgan fingerprint density at radius 3 is 2.25 bits per heavy atom. The zero-order valence-electron chi connectivity index (χ0n) is 14.6. The molecule has 2 unspecified atom stereocenters. The minimum absolute atomic E-state index is 0.0543. The first-order valence-corrected chi connectivity index (χ1v) is 9.46. The summed E-state index contributed by atoms with van der Waals surface area (Å²) in [6, 6.07) is 7.95. The number of fused-ring (bicyclic) bond motifs is 2. The van der Waals surface area contributed by atoms with Gasteiger partial charge in [-0.25, -0.2) is 4.79 Å². The van der Waals surface area contributed by atoms with Crippen molar-refractivity contribution in [2.24, 2.45) is 11.8 Å². The van der Waals surface area contributed by atoms with Gasteiger partial charge < -0.3 is 14.7 Å². The molecule has 1 saturated heterocycles. The molecule has 1 amide bonds. The van der Waals surface area contributed by atoms with Crippen LogP contribution < -0.4 is 0 Å². The fraction of sp³-hybridized carbons (Fsp3) is 0.632. The number of likely N-dealkylation sites (tertiary alicyclic amines) is 1. The lowest BCUT2D eigenvalue weighted by molar-refractivity contribution is -0.144. The lowest BCUT2D eigenvalue weighted by Crippen LogP contribution is -2.59. The van der Waals surface area contributed by atoms with Crippen molar-refractivity contribution in [1.29, 1.82) is 0 Å². The molecule has 2 fully saturated rings. The van der Waals surface area contributed by atoms with Gasteiger partial charge in [-0.05, 0) is 51.3 Å². The van der Waals surface area contributed by atoms with Crippen LogP contribution >= 0.6 is 15.9 Å². The molecule has 2 aliphatic rings. The molecule has 24 heavy (non-hydrogen) atoms. The lowest BCUT2D eigenvalue weighted by atomic mass is 9.62. The summed E-state index contributed by atoms with van der Waals surface area (Å²) in [4.78, 5) is 14.2. The average molecular weight is 396 g/mol. The molecule has 1 aromatic rings. The number of benzene rings is 1. The highest BCUT2D eigenvalue weighted by atomic mass is 79.9. The van der Waals surface area contributed by atoms with Gasteiger partial charge in [0.2, 0.25) is 0 Å². The highest BCUT2D eigenvalue weighted by Gasteiger charge is 2.52. The van der Waals surface area contributed by atoms with Gasteiger partial charge in [-0.3, -0.25) is 0 Å². The van der Waals surface area contributed by atoms with Crippen LogP contribution in [-0.4, -0.2) is 34.8 Å². The Bertz CT molecular complexity index is 594. The van der Waals surface area contributed by atoms with Gasteiger partial charge in [-0.2, -0.15) is 0 Å². The third-order valence-electron chi connectivity index (χ3n) is 5.19. The maximum atomic E-state index is 12.5. The number of amides is 1. The molecule has 1 N–H and O–H groups in total. The number of piperidine rings is 1. The van der Waals surface area contributed by atoms with Crippen LogP contribution in [0.1, 0.15) is 45.6 Å². The second-order valence-corrected chi connectivity index (χ2v) is 8.96. The number of hydrogen-bond acceptors (Lipinski definition) is 3. The van der Waals surface area contributed by atoms with Gasteiger partial charge in [0.1, 0.15) is 5.60 Å². The van der Waals surface area contributed by atoms with E-state index in [9.17, 15) is 9.90 Å². The SMILES string of the molecule is CC(C)(C)OC(=O)N1CC2CCCC(C1)C2(O)c1ccc(Br)cc1. The van der Waals surface area contributed by atoms with E-state index >= 15 is 0 Å². The fourth-order valence-electron chi connectivity index (χ4n) is 4.12. The molecule has 2 atom stereocenters. The molecule has 2 bridgehead atoms. The molecule has 0 radical (unpaired) electrons. The number of hydrogen-bond donors (Lipinski definition) is 1. The molecule has 1 aliphatic carbocycles. The van der Waals surface area contributed by atoms with Crippen molar-refractivity contribution in [2.45, 2.75) is 51.2 Å². The Labute approximate surface area is 152 Å². The smallest absolute Gasteiger partial charge is 0.410 e. The quantitative estimate of drug-likeness (QED) is 0.770. The van der Waals surface area contributed by atoms with Crippen LogP contribution in [0.4, 0.5) is 4.79 Å². The van der Waals surface area contributed by atoms with Crippen LogP contribution in [0.25, 0.3) is 0 Å². The fourth-order valence-corrected chi connectivity index (χ4v) is 4.38. The Morgan fingerprint density at radius 2 is 1.75 bits per heavy atom. The molecule has 5 heteroatoms. The summed E-state index contributed by atoms with van der Waals surface area (Å²) in [5, 5.41) is 11.6. The maximum absolute atomic E-state index is 12.5. The van der Waals surface area contributed by atoms with E-state index in [-0.39, 0.29) is 17.9 Å². The number of carbonyl (C=O) groups excluding carboxylic acids is 1. The van der Waals surface area contributed by atoms with Crippen molar-refractivity contribution >= 4 is 22.0 Å². The molecule has 4 nitrogen and oxygen atoms in total. The molecule has 1 saturated carbocycles. The second kappa shape index (κ2) is 6.34. The Balaban J connectivity index is 1.83. The second-order valence-electron chi connectivity index (χ2n) is 8.04. The summed E-state index contributed by atoms with van der Waals surface area (Å²) in [5.74, 6) is 0.109. The molecule has 3 rings (SSSR count). The number of carbonyl (C=O) groups is 1. The maximum Gasteiger partial charge on any atom is 0.410 e. The van der Waals surface area contributed by atoms with Crippen molar-refractivity contribution in [1.82, 2.24) is 4.90 Å². The number of ether oxygens (including phenoxy) is 1. The van der Waals surface area contributed by atoms with Crippen LogP contribution in [0.3, 0.4) is 0 Å². The molecule has 132 valence electrons. The average Bonchev–Trinajstić information content (AvgIpc) is 2.45. The lowest BCUT2D eigenvalue weighted by Gasteiger charge is -2.53. The molecule has 0 spiro atoms. The van der Waals surface area contributed by atoms with Crippen LogP contribution in [-0.2, 0) is 10.3 Å². The van der Waals surface area contributed by atoms with Gasteiger partial charge in [0.25, 0.3) is 0 Å². The topological polar surface area (TPSA) is 49.8 Å². The standard InChI is InChI=1S/C19H26BrNO3/c1-18(2,3)24-17(22)21-11-14-5-4-6-15(12-21)19(14,23)13-7-9-16(20)10-8-13/h7-10,14-15,23H,4-6,11-12H2,1-3H3. The third kappa shape index (κ3) is 3.33. The molecular weight excluding hydrogens is 370 g/mol. The minimum Gasteiger partial charge on any atom is -0.444 e. The summed E-state index contributed by atoms with van der Waals surface area (Å²) in [5.41, 5.74) is -0.382. The van der Waals surface area contributed by atoms with E-state index in [4.69, 9.17) is 4.74 Å². The number of aliphatic hydroxyl groups is 1. The molecule has 0 aromatic heterocycles. The van der Waals surface area contributed by atoms with Crippen LogP contribution in [0, 0.1) is 11.8 Å². The zero-order chi connectivity index (χ0) is 17.5. The third-order valence-corrected chi connectivity index (χ3v) is 5.72. The molecular formula is C19H26BrNO3. The predicted molar refractivity (Wildman–Crippen MR) is 96.7 cm³/mol. The van der Waals surface area contributed by atoms with E-state index in [1.165, 1.54) is 0 Å². The van der Waals surface area contributed by atoms with E-state index in [1.54, 1.807) is 4.90 Å². The minimum atomic E-state index is -0.850. The van der Waals surface area contributed by atoms with E-state index in [0.717, 1.165) is 29.3 Å². The van der Waals surface area contributed by atoms with E-state index in [0.29, 0.717) is 13.1 Å². The van der Waals surface area contributed by atoms with Crippen molar-refractivity contribution < 1.29 is 14.6 Å². The predicted octanol–water partition coefficient (Wildman–Crippen LogP) is 4.30. The first kappa shape index (κ1) is 17.7. The molecule has 1 aliphatic heterocycles. The van der Waals surface area contributed by atoms with Gasteiger partial charge >= 0.3 is 6.09 Å². The summed E-state index contributed by atoms with van der Waals surface area (Å²) in [7, 11) is 0. The number of halogens is 1. The Kier molecular flexibility index (Phi) is 4.69. The van der Waals surface area contributed by atoms with Gasteiger partial charge in [0.15, 0.2) is 0 Å². The normalized spacial score (nSPS) is 30.1. The summed E-state index contributed by atoms with van der Waals surface area (Å²) in [6.45, 7) is 6.76. The van der Waals surface area contributed by atoms with Crippen LogP contribution in [0.15, 0.2) is 28.7 Å². The van der Waals surface area contributed by atoms with Crippen LogP contribution in [0.2, 0.25) is 0 Å². The highest BCUT2D eigenvalue weighted by Crippen LogP contribution is 2.49. The zero-order valence-corrected chi connectivity index (χ0v) is 16.2. The van der Waals surface area contributed by atoms with E-state index < -0.39 is 11.2 Å². The van der Waals surface area contributed by atoms with Crippen LogP contribution in [0.5, 0.6) is 0 Å². The number of rotatable bonds is 1. The summed E-state index contributed by atoms with van der Waals surface area (Å²) in [6.07, 6.45) is 2.71. The Morgan fingerprint density at radius 1 is 1.21 bits per heavy atom. The molecule has 1 aromatic carbocycles. The van der Waals surface area contributed by atoms with Gasteiger partial charge in [-0.1, -0.05) is 34.5 Å².